The van der Waals surface area contributed by atoms with Gasteiger partial charge in [-0.3, -0.25) is 24.0 Å². The van der Waals surface area contributed by atoms with Gasteiger partial charge in [0.25, 0.3) is 0 Å². The van der Waals surface area contributed by atoms with Crippen LogP contribution in [-0.2, 0) is 35.3 Å². The van der Waals surface area contributed by atoms with Crippen molar-refractivity contribution in [2.45, 2.75) is 72.2 Å². The van der Waals surface area contributed by atoms with Gasteiger partial charge in [-0.15, -0.1) is 0 Å². The number of ether oxygens (including phenoxy) is 1. The molecule has 1 aromatic rings. The molecule has 0 saturated carbocycles. The number of ketones is 1. The van der Waals surface area contributed by atoms with Crippen molar-refractivity contribution in [2.75, 3.05) is 18.4 Å². The highest BCUT2D eigenvalue weighted by atomic mass is 16.5. The van der Waals surface area contributed by atoms with Crippen LogP contribution in [0, 0.1) is 5.92 Å². The monoisotopic (exact) mass is 531 g/mol. The van der Waals surface area contributed by atoms with Crippen LogP contribution in [0.4, 0.5) is 10.5 Å². The fourth-order valence-electron chi connectivity index (χ4n) is 4.05. The molecule has 0 bridgehead atoms. The first-order valence-corrected chi connectivity index (χ1v) is 12.6. The number of nitrogens with one attached hydrogen (secondary N) is 4. The number of nitrogens with zero attached hydrogens (tertiary/aromatic N) is 1. The first-order chi connectivity index (χ1) is 17.9. The van der Waals surface area contributed by atoms with Gasteiger partial charge < -0.3 is 30.9 Å². The number of alkyl carbamates (subject to hydrolysis) is 1. The lowest BCUT2D eigenvalue weighted by Crippen LogP contribution is -2.50. The van der Waals surface area contributed by atoms with E-state index in [0.29, 0.717) is 24.2 Å². The van der Waals surface area contributed by atoms with E-state index in [4.69, 9.17) is 4.74 Å². The zero-order chi connectivity index (χ0) is 28.4. The molecule has 12 nitrogen and oxygen atoms in total. The van der Waals surface area contributed by atoms with Crippen molar-refractivity contribution in [3.05, 3.63) is 29.8 Å². The summed E-state index contributed by atoms with van der Waals surface area (Å²) in [5.41, 5.74) is 1.13. The van der Waals surface area contributed by atoms with E-state index in [9.17, 15) is 28.8 Å². The predicted molar refractivity (Wildman–Crippen MR) is 139 cm³/mol. The van der Waals surface area contributed by atoms with E-state index in [1.165, 1.54) is 18.7 Å². The Balaban J connectivity index is 1.77. The summed E-state index contributed by atoms with van der Waals surface area (Å²) in [6.07, 6.45) is 0.604. The highest BCUT2D eigenvalue weighted by molar-refractivity contribution is 5.96. The van der Waals surface area contributed by atoms with Crippen LogP contribution in [-0.4, -0.2) is 71.6 Å². The Kier molecular flexibility index (Phi) is 11.2. The molecule has 1 fully saturated rings. The molecule has 3 unspecified atom stereocenters. The fourth-order valence-corrected chi connectivity index (χ4v) is 4.05. The van der Waals surface area contributed by atoms with Crippen LogP contribution >= 0.6 is 0 Å². The molecule has 38 heavy (non-hydrogen) atoms. The van der Waals surface area contributed by atoms with E-state index in [-0.39, 0.29) is 36.7 Å². The summed E-state index contributed by atoms with van der Waals surface area (Å²) in [5, 5.41) is 10.2. The van der Waals surface area contributed by atoms with Crippen LogP contribution < -0.4 is 21.3 Å². The molecule has 1 aliphatic heterocycles. The highest BCUT2D eigenvalue weighted by Crippen LogP contribution is 2.19. The second-order valence-electron chi connectivity index (χ2n) is 9.63. The molecule has 1 aromatic carbocycles. The van der Waals surface area contributed by atoms with Gasteiger partial charge in [0.15, 0.2) is 5.78 Å². The van der Waals surface area contributed by atoms with Crippen LogP contribution in [0.15, 0.2) is 24.3 Å². The van der Waals surface area contributed by atoms with E-state index in [1.54, 1.807) is 45.0 Å². The molecular formula is C26H37N5O7. The first kappa shape index (κ1) is 30.3. The maximum atomic E-state index is 12.6. The molecule has 5 amide bonds. The lowest BCUT2D eigenvalue weighted by atomic mass is 10.0. The standard InChI is InChI=1S/C26H37N5O7/c1-15(2)23(29-18(5)33)24(35)27-13-22(34)30-20-10-8-19(9-11-20)14-38-26(37)28-16(3)25(36)31-12-6-7-21(31)17(4)32/h8-11,15-16,21,23H,6-7,12-14H2,1-5H3,(H,27,35)(H,28,37)(H,29,33)(H,30,34). The number of Topliss-reactive ketones (excluding diaryl/α,β-unsaturated/α-hetero) is 1. The summed E-state index contributed by atoms with van der Waals surface area (Å²) in [5.74, 6) is -1.78. The van der Waals surface area contributed by atoms with Crippen molar-refractivity contribution >= 4 is 41.2 Å². The number of likely N-dealkylation sites (tertiary alicyclic amines) is 1. The number of benzene rings is 1. The van der Waals surface area contributed by atoms with E-state index in [1.807, 2.05) is 0 Å². The summed E-state index contributed by atoms with van der Waals surface area (Å²) >= 11 is 0. The van der Waals surface area contributed by atoms with Gasteiger partial charge in [0.2, 0.25) is 23.6 Å². The molecule has 3 atom stereocenters. The summed E-state index contributed by atoms with van der Waals surface area (Å²) in [7, 11) is 0. The molecule has 1 saturated heterocycles. The molecule has 2 rings (SSSR count). The molecule has 4 N–H and O–H groups in total. The van der Waals surface area contributed by atoms with Crippen molar-refractivity contribution in [1.82, 2.24) is 20.9 Å². The quantitative estimate of drug-likeness (QED) is 0.332. The number of rotatable bonds is 11. The summed E-state index contributed by atoms with van der Waals surface area (Å²) < 4.78 is 5.19. The van der Waals surface area contributed by atoms with E-state index in [2.05, 4.69) is 21.3 Å². The molecule has 12 heteroatoms. The molecule has 1 aliphatic rings. The largest absolute Gasteiger partial charge is 0.445 e. The fraction of sp³-hybridized carbons (Fsp3) is 0.538. The summed E-state index contributed by atoms with van der Waals surface area (Å²) in [6.45, 7) is 8.04. The minimum atomic E-state index is -0.838. The van der Waals surface area contributed by atoms with Crippen LogP contribution in [0.25, 0.3) is 0 Å². The molecule has 1 heterocycles. The first-order valence-electron chi connectivity index (χ1n) is 12.6. The van der Waals surface area contributed by atoms with Gasteiger partial charge in [0.05, 0.1) is 12.6 Å². The van der Waals surface area contributed by atoms with Gasteiger partial charge in [0, 0.05) is 19.2 Å². The van der Waals surface area contributed by atoms with Gasteiger partial charge in [-0.2, -0.15) is 0 Å². The smallest absolute Gasteiger partial charge is 0.408 e. The number of carbonyl (C=O) groups is 6. The molecule has 0 aliphatic carbocycles. The molecule has 0 spiro atoms. The average molecular weight is 532 g/mol. The maximum Gasteiger partial charge on any atom is 0.408 e. The second kappa shape index (κ2) is 14.1. The van der Waals surface area contributed by atoms with Crippen molar-refractivity contribution in [2.24, 2.45) is 5.92 Å². The van der Waals surface area contributed by atoms with Crippen molar-refractivity contribution < 1.29 is 33.5 Å². The lowest BCUT2D eigenvalue weighted by Gasteiger charge is -2.26. The Morgan fingerprint density at radius 2 is 1.66 bits per heavy atom. The summed E-state index contributed by atoms with van der Waals surface area (Å²) in [6, 6.07) is 4.52. The minimum absolute atomic E-state index is 0.0590. The highest BCUT2D eigenvalue weighted by Gasteiger charge is 2.34. The lowest BCUT2D eigenvalue weighted by molar-refractivity contribution is -0.138. The van der Waals surface area contributed by atoms with E-state index >= 15 is 0 Å². The van der Waals surface area contributed by atoms with Gasteiger partial charge in [-0.1, -0.05) is 26.0 Å². The maximum absolute atomic E-state index is 12.6. The van der Waals surface area contributed by atoms with Crippen LogP contribution in [0.3, 0.4) is 0 Å². The van der Waals surface area contributed by atoms with Gasteiger partial charge in [0.1, 0.15) is 18.7 Å². The number of amides is 5. The van der Waals surface area contributed by atoms with Crippen molar-refractivity contribution in [3.8, 4) is 0 Å². The number of anilines is 1. The van der Waals surface area contributed by atoms with Gasteiger partial charge >= 0.3 is 6.09 Å². The van der Waals surface area contributed by atoms with Crippen LogP contribution in [0.1, 0.15) is 53.0 Å². The topological polar surface area (TPSA) is 163 Å². The van der Waals surface area contributed by atoms with Crippen LogP contribution in [0.5, 0.6) is 0 Å². The van der Waals surface area contributed by atoms with Crippen molar-refractivity contribution in [1.29, 1.82) is 0 Å². The molecule has 0 radical (unpaired) electrons. The third-order valence-electron chi connectivity index (χ3n) is 6.05. The molecule has 208 valence electrons. The number of hydrogen-bond donors (Lipinski definition) is 4. The normalized spacial score (nSPS) is 16.3. The Labute approximate surface area is 222 Å². The second-order valence-corrected chi connectivity index (χ2v) is 9.63. The molecule has 0 aromatic heterocycles. The Morgan fingerprint density at radius 1 is 1.00 bits per heavy atom. The van der Waals surface area contributed by atoms with Crippen molar-refractivity contribution in [3.63, 3.8) is 0 Å². The average Bonchev–Trinajstić information content (AvgIpc) is 3.35. The summed E-state index contributed by atoms with van der Waals surface area (Å²) in [4.78, 5) is 73.8. The number of carbonyl (C=O) groups excluding carboxylic acids is 6. The zero-order valence-electron chi connectivity index (χ0n) is 22.5. The minimum Gasteiger partial charge on any atom is -0.445 e. The Morgan fingerprint density at radius 3 is 2.24 bits per heavy atom. The Bertz CT molecular complexity index is 1040. The van der Waals surface area contributed by atoms with E-state index in [0.717, 1.165) is 6.42 Å². The molecular weight excluding hydrogens is 494 g/mol. The number of hydrogen-bond acceptors (Lipinski definition) is 7. The van der Waals surface area contributed by atoms with Gasteiger partial charge in [-0.05, 0) is 50.3 Å². The van der Waals surface area contributed by atoms with Gasteiger partial charge in [-0.25, -0.2) is 4.79 Å². The van der Waals surface area contributed by atoms with Crippen LogP contribution in [0.2, 0.25) is 0 Å². The zero-order valence-corrected chi connectivity index (χ0v) is 22.5. The SMILES string of the molecule is CC(=O)NC(C(=O)NCC(=O)Nc1ccc(COC(=O)NC(C)C(=O)N2CCCC2C(C)=O)cc1)C(C)C. The third-order valence-corrected chi connectivity index (χ3v) is 6.05. The third kappa shape index (κ3) is 9.16. The van der Waals surface area contributed by atoms with E-state index < -0.39 is 36.0 Å². The Hall–Kier alpha value is -3.96. The predicted octanol–water partition coefficient (Wildman–Crippen LogP) is 1.10.